The smallest absolute Gasteiger partial charge is 0.270 e. The van der Waals surface area contributed by atoms with Crippen LogP contribution in [0.25, 0.3) is 0 Å². The highest BCUT2D eigenvalue weighted by Gasteiger charge is 2.22. The van der Waals surface area contributed by atoms with Crippen LogP contribution in [0.3, 0.4) is 0 Å². The maximum atomic E-state index is 12.5. The molecule has 1 atom stereocenters. The Hall–Kier alpha value is -1.62. The molecule has 20 heavy (non-hydrogen) atoms. The first-order chi connectivity index (χ1) is 9.60. The van der Waals surface area contributed by atoms with Crippen LogP contribution < -0.4 is 5.43 Å². The summed E-state index contributed by atoms with van der Waals surface area (Å²) in [5.74, 6) is -0.137. The van der Waals surface area contributed by atoms with E-state index in [1.54, 1.807) is 11.8 Å². The van der Waals surface area contributed by atoms with Gasteiger partial charge in [0.2, 0.25) is 0 Å². The second-order valence-corrected chi connectivity index (χ2v) is 5.25. The van der Waals surface area contributed by atoms with Gasteiger partial charge in [-0.05, 0) is 33.1 Å². The lowest BCUT2D eigenvalue weighted by Crippen LogP contribution is -2.40. The van der Waals surface area contributed by atoms with E-state index in [2.05, 4.69) is 4.98 Å². The number of rotatable bonds is 4. The summed E-state index contributed by atoms with van der Waals surface area (Å²) in [6, 6.07) is 2.84. The molecule has 1 saturated heterocycles. The molecule has 110 valence electrons. The maximum absolute atomic E-state index is 12.5. The van der Waals surface area contributed by atoms with Crippen molar-refractivity contribution in [2.75, 3.05) is 19.7 Å². The molecule has 2 heterocycles. The average molecular weight is 278 g/mol. The van der Waals surface area contributed by atoms with Crippen molar-refractivity contribution in [1.29, 1.82) is 0 Å². The van der Waals surface area contributed by atoms with E-state index in [1.807, 2.05) is 6.92 Å². The number of aromatic amines is 1. The highest BCUT2D eigenvalue weighted by molar-refractivity contribution is 5.92. The van der Waals surface area contributed by atoms with Crippen molar-refractivity contribution in [3.05, 3.63) is 33.7 Å². The third kappa shape index (κ3) is 3.70. The van der Waals surface area contributed by atoms with Crippen LogP contribution >= 0.6 is 0 Å². The van der Waals surface area contributed by atoms with Crippen LogP contribution in [0.5, 0.6) is 0 Å². The molecule has 1 aromatic rings. The Labute approximate surface area is 118 Å². The fraction of sp³-hybridized carbons (Fsp3) is 0.600. The number of nitrogens with one attached hydrogen (secondary N) is 1. The van der Waals surface area contributed by atoms with E-state index < -0.39 is 0 Å². The summed E-state index contributed by atoms with van der Waals surface area (Å²) in [6.45, 7) is 5.69. The number of hydrogen-bond acceptors (Lipinski definition) is 3. The molecule has 5 nitrogen and oxygen atoms in total. The Balaban J connectivity index is 2.09. The number of H-pyrrole nitrogens is 1. The molecule has 0 spiro atoms. The summed E-state index contributed by atoms with van der Waals surface area (Å²) in [5, 5.41) is 0. The van der Waals surface area contributed by atoms with Crippen LogP contribution in [-0.2, 0) is 4.74 Å². The molecule has 1 N–H and O–H groups in total. The van der Waals surface area contributed by atoms with Gasteiger partial charge in [0.25, 0.3) is 5.91 Å². The molecule has 0 aromatic carbocycles. The minimum atomic E-state index is -0.144. The van der Waals surface area contributed by atoms with Gasteiger partial charge in [0.1, 0.15) is 5.69 Å². The summed E-state index contributed by atoms with van der Waals surface area (Å²) >= 11 is 0. The van der Waals surface area contributed by atoms with Gasteiger partial charge in [-0.15, -0.1) is 0 Å². The van der Waals surface area contributed by atoms with Crippen LogP contribution in [0.1, 0.15) is 42.4 Å². The SMILES string of the molecule is CCN(CC1CCCCO1)C(=O)c1cc(=O)cc(C)[nH]1. The third-order valence-electron chi connectivity index (χ3n) is 3.57. The predicted molar refractivity (Wildman–Crippen MR) is 77.0 cm³/mol. The maximum Gasteiger partial charge on any atom is 0.270 e. The van der Waals surface area contributed by atoms with Gasteiger partial charge < -0.3 is 14.6 Å². The number of aromatic nitrogens is 1. The van der Waals surface area contributed by atoms with Gasteiger partial charge in [-0.25, -0.2) is 0 Å². The average Bonchev–Trinajstić information content (AvgIpc) is 2.44. The second-order valence-electron chi connectivity index (χ2n) is 5.25. The fourth-order valence-electron chi connectivity index (χ4n) is 2.52. The largest absolute Gasteiger partial charge is 0.376 e. The van der Waals surface area contributed by atoms with Crippen molar-refractivity contribution in [1.82, 2.24) is 9.88 Å². The van der Waals surface area contributed by atoms with Crippen molar-refractivity contribution >= 4 is 5.91 Å². The van der Waals surface area contributed by atoms with Crippen LogP contribution in [0.4, 0.5) is 0 Å². The lowest BCUT2D eigenvalue weighted by Gasteiger charge is -2.29. The van der Waals surface area contributed by atoms with Gasteiger partial charge in [-0.3, -0.25) is 9.59 Å². The summed E-state index contributed by atoms with van der Waals surface area (Å²) in [4.78, 5) is 28.7. The minimum Gasteiger partial charge on any atom is -0.376 e. The number of carbonyl (C=O) groups excluding carboxylic acids is 1. The van der Waals surface area contributed by atoms with Crippen LogP contribution in [-0.4, -0.2) is 41.6 Å². The topological polar surface area (TPSA) is 62.4 Å². The van der Waals surface area contributed by atoms with E-state index >= 15 is 0 Å². The van der Waals surface area contributed by atoms with Crippen LogP contribution in [0.15, 0.2) is 16.9 Å². The van der Waals surface area contributed by atoms with E-state index in [0.717, 1.165) is 25.9 Å². The van der Waals surface area contributed by atoms with E-state index in [1.165, 1.54) is 12.1 Å². The van der Waals surface area contributed by atoms with E-state index in [-0.39, 0.29) is 17.4 Å². The molecule has 1 aromatic heterocycles. The van der Waals surface area contributed by atoms with Crippen LogP contribution in [0.2, 0.25) is 0 Å². The van der Waals surface area contributed by atoms with Gasteiger partial charge in [0.15, 0.2) is 5.43 Å². The summed E-state index contributed by atoms with van der Waals surface area (Å²) in [6.07, 6.45) is 3.36. The number of hydrogen-bond donors (Lipinski definition) is 1. The Kier molecular flexibility index (Phi) is 4.95. The van der Waals surface area contributed by atoms with Gasteiger partial charge in [-0.1, -0.05) is 0 Å². The van der Waals surface area contributed by atoms with E-state index in [9.17, 15) is 9.59 Å². The van der Waals surface area contributed by atoms with Gasteiger partial charge >= 0.3 is 0 Å². The van der Waals surface area contributed by atoms with Crippen molar-refractivity contribution in [2.24, 2.45) is 0 Å². The first kappa shape index (κ1) is 14.8. The molecular formula is C15H22N2O3. The number of likely N-dealkylation sites (N-methyl/N-ethyl adjacent to an activating group) is 1. The summed E-state index contributed by atoms with van der Waals surface area (Å²) < 4.78 is 5.68. The molecule has 1 unspecified atom stereocenters. The van der Waals surface area contributed by atoms with Gasteiger partial charge in [0.05, 0.1) is 6.10 Å². The second kappa shape index (κ2) is 6.70. The van der Waals surface area contributed by atoms with Crippen LogP contribution in [0, 0.1) is 6.92 Å². The number of ether oxygens (including phenoxy) is 1. The molecule has 0 aliphatic carbocycles. The lowest BCUT2D eigenvalue weighted by atomic mass is 10.1. The fourth-order valence-corrected chi connectivity index (χ4v) is 2.52. The number of amides is 1. The molecule has 2 rings (SSSR count). The molecule has 1 aliphatic rings. The zero-order valence-corrected chi connectivity index (χ0v) is 12.1. The Morgan fingerprint density at radius 1 is 1.45 bits per heavy atom. The highest BCUT2D eigenvalue weighted by Crippen LogP contribution is 2.14. The normalized spacial score (nSPS) is 18.8. The Morgan fingerprint density at radius 2 is 2.25 bits per heavy atom. The third-order valence-corrected chi connectivity index (χ3v) is 3.57. The molecule has 0 bridgehead atoms. The number of carbonyl (C=O) groups is 1. The predicted octanol–water partition coefficient (Wildman–Crippen LogP) is 1.71. The standard InChI is InChI=1S/C15H22N2O3/c1-3-17(10-13-6-4-5-7-20-13)15(19)14-9-12(18)8-11(2)16-14/h8-9,13H,3-7,10H2,1-2H3,(H,16,18). The summed E-state index contributed by atoms with van der Waals surface area (Å²) in [7, 11) is 0. The molecular weight excluding hydrogens is 256 g/mol. The van der Waals surface area contributed by atoms with E-state index in [4.69, 9.17) is 4.74 Å². The molecule has 1 aliphatic heterocycles. The quantitative estimate of drug-likeness (QED) is 0.912. The monoisotopic (exact) mass is 278 g/mol. The molecule has 5 heteroatoms. The molecule has 0 saturated carbocycles. The van der Waals surface area contributed by atoms with Gasteiger partial charge in [0, 0.05) is 37.5 Å². The minimum absolute atomic E-state index is 0.115. The van der Waals surface area contributed by atoms with E-state index in [0.29, 0.717) is 24.5 Å². The number of pyridine rings is 1. The molecule has 0 radical (unpaired) electrons. The van der Waals surface area contributed by atoms with Crippen molar-refractivity contribution in [3.63, 3.8) is 0 Å². The molecule has 1 amide bonds. The van der Waals surface area contributed by atoms with Crippen molar-refractivity contribution in [2.45, 2.75) is 39.2 Å². The zero-order chi connectivity index (χ0) is 14.5. The Morgan fingerprint density at radius 3 is 2.85 bits per heavy atom. The first-order valence-electron chi connectivity index (χ1n) is 7.22. The van der Waals surface area contributed by atoms with Gasteiger partial charge in [-0.2, -0.15) is 0 Å². The number of nitrogens with zero attached hydrogens (tertiary/aromatic N) is 1. The van der Waals surface area contributed by atoms with Crippen molar-refractivity contribution in [3.8, 4) is 0 Å². The number of aryl methyl sites for hydroxylation is 1. The summed E-state index contributed by atoms with van der Waals surface area (Å²) in [5.41, 5.74) is 0.910. The van der Waals surface area contributed by atoms with Crippen molar-refractivity contribution < 1.29 is 9.53 Å². The first-order valence-corrected chi connectivity index (χ1v) is 7.22. The Bertz CT molecular complexity index is 518. The highest BCUT2D eigenvalue weighted by atomic mass is 16.5. The molecule has 1 fully saturated rings. The zero-order valence-electron chi connectivity index (χ0n) is 12.1. The lowest BCUT2D eigenvalue weighted by molar-refractivity contribution is -0.00323.